The predicted molar refractivity (Wildman–Crippen MR) is 39.3 cm³/mol. The molecule has 0 saturated carbocycles. The molecular formula is C6H7N3O3. The van der Waals surface area contributed by atoms with Crippen LogP contribution in [0.15, 0.2) is 6.20 Å². The Hall–Kier alpha value is -1.85. The summed E-state index contributed by atoms with van der Waals surface area (Å²) in [5.74, 6) is -1.70. The number of nitrogens with zero attached hydrogens (tertiary/aromatic N) is 2. The van der Waals surface area contributed by atoms with Crippen LogP contribution in [0, 0.1) is 12.1 Å². The smallest absolute Gasteiger partial charge is 0.363 e. The van der Waals surface area contributed by atoms with Gasteiger partial charge in [-0.1, -0.05) is 0 Å². The van der Waals surface area contributed by atoms with Crippen molar-refractivity contribution >= 4 is 11.8 Å². The van der Waals surface area contributed by atoms with Crippen molar-refractivity contribution in [2.24, 2.45) is 0 Å². The molecule has 0 amide bonds. The fourth-order valence-electron chi connectivity index (χ4n) is 0.763. The number of anilines is 1. The second-order valence-corrected chi connectivity index (χ2v) is 2.25. The predicted octanol–water partition coefficient (Wildman–Crippen LogP) is -0.696. The van der Waals surface area contributed by atoms with Gasteiger partial charge in [0, 0.05) is 0 Å². The number of aromatic carboxylic acids is 1. The number of hydrogen-bond acceptors (Lipinski definition) is 4. The van der Waals surface area contributed by atoms with Crippen LogP contribution in [0.3, 0.4) is 0 Å². The maximum atomic E-state index is 10.9. The van der Waals surface area contributed by atoms with Crippen molar-refractivity contribution in [1.29, 1.82) is 0 Å². The van der Waals surface area contributed by atoms with Gasteiger partial charge in [-0.05, 0) is 6.92 Å². The SMILES string of the molecule is Cc1c[n+]([O-])c(N)c(C(=O)O)n1. The van der Waals surface area contributed by atoms with Gasteiger partial charge in [0.2, 0.25) is 5.69 Å². The first-order valence-corrected chi connectivity index (χ1v) is 3.12. The lowest BCUT2D eigenvalue weighted by atomic mass is 10.4. The molecule has 1 rings (SSSR count). The zero-order chi connectivity index (χ0) is 9.30. The van der Waals surface area contributed by atoms with Crippen LogP contribution in [0.2, 0.25) is 0 Å². The van der Waals surface area contributed by atoms with Crippen LogP contribution in [-0.4, -0.2) is 16.1 Å². The third-order valence-corrected chi connectivity index (χ3v) is 1.27. The van der Waals surface area contributed by atoms with Crippen LogP contribution in [0.25, 0.3) is 0 Å². The van der Waals surface area contributed by atoms with E-state index in [1.165, 1.54) is 6.92 Å². The molecule has 0 aromatic carbocycles. The number of carbonyl (C=O) groups is 1. The van der Waals surface area contributed by atoms with Crippen molar-refractivity contribution in [2.75, 3.05) is 5.73 Å². The monoisotopic (exact) mass is 169 g/mol. The molecule has 0 spiro atoms. The first-order valence-electron chi connectivity index (χ1n) is 3.12. The lowest BCUT2D eigenvalue weighted by Gasteiger charge is -2.06. The number of nitrogens with two attached hydrogens (primary N) is 1. The Morgan fingerprint density at radius 1 is 1.83 bits per heavy atom. The largest absolute Gasteiger partial charge is 0.710 e. The maximum absolute atomic E-state index is 10.9. The van der Waals surface area contributed by atoms with E-state index in [1.807, 2.05) is 0 Å². The minimum atomic E-state index is -1.30. The van der Waals surface area contributed by atoms with Gasteiger partial charge in [-0.2, -0.15) is 0 Å². The summed E-state index contributed by atoms with van der Waals surface area (Å²) in [6.45, 7) is 1.51. The van der Waals surface area contributed by atoms with E-state index < -0.39 is 17.5 Å². The average molecular weight is 169 g/mol. The molecular weight excluding hydrogens is 162 g/mol. The Labute approximate surface area is 67.9 Å². The molecule has 1 aromatic heterocycles. The third kappa shape index (κ3) is 1.26. The van der Waals surface area contributed by atoms with Gasteiger partial charge in [-0.25, -0.2) is 14.5 Å². The van der Waals surface area contributed by atoms with E-state index in [4.69, 9.17) is 10.8 Å². The van der Waals surface area contributed by atoms with Crippen molar-refractivity contribution in [3.05, 3.63) is 22.8 Å². The summed E-state index contributed by atoms with van der Waals surface area (Å²) >= 11 is 0. The van der Waals surface area contributed by atoms with E-state index in [9.17, 15) is 10.0 Å². The molecule has 6 heteroatoms. The van der Waals surface area contributed by atoms with E-state index in [0.717, 1.165) is 6.20 Å². The number of nitrogen functional groups attached to an aromatic ring is 1. The summed E-state index contributed by atoms with van der Waals surface area (Å²) in [6, 6.07) is 0. The average Bonchev–Trinajstić information content (AvgIpc) is 1.96. The van der Waals surface area contributed by atoms with E-state index in [-0.39, 0.29) is 4.73 Å². The normalized spacial score (nSPS) is 9.75. The molecule has 0 saturated heterocycles. The van der Waals surface area contributed by atoms with Crippen LogP contribution in [0.1, 0.15) is 16.2 Å². The fraction of sp³-hybridized carbons (Fsp3) is 0.167. The molecule has 3 N–H and O–H groups in total. The first-order chi connectivity index (χ1) is 5.52. The first kappa shape index (κ1) is 8.25. The molecule has 0 aliphatic carbocycles. The van der Waals surface area contributed by atoms with Crippen LogP contribution in [0.5, 0.6) is 0 Å². The molecule has 0 unspecified atom stereocenters. The molecule has 0 radical (unpaired) electrons. The minimum absolute atomic E-state index is 0.284. The zero-order valence-electron chi connectivity index (χ0n) is 6.31. The van der Waals surface area contributed by atoms with Gasteiger partial charge in [0.05, 0.1) is 5.69 Å². The molecule has 0 fully saturated rings. The Morgan fingerprint density at radius 3 is 2.92 bits per heavy atom. The van der Waals surface area contributed by atoms with Gasteiger partial charge >= 0.3 is 11.8 Å². The molecule has 6 nitrogen and oxygen atoms in total. The number of rotatable bonds is 1. The van der Waals surface area contributed by atoms with Gasteiger partial charge in [0.15, 0.2) is 0 Å². The van der Waals surface area contributed by atoms with Crippen LogP contribution < -0.4 is 10.5 Å². The van der Waals surface area contributed by atoms with Gasteiger partial charge in [0.1, 0.15) is 6.20 Å². The molecule has 0 atom stereocenters. The molecule has 0 aliphatic rings. The molecule has 12 heavy (non-hydrogen) atoms. The minimum Gasteiger partial charge on any atom is -0.710 e. The van der Waals surface area contributed by atoms with E-state index in [1.54, 1.807) is 0 Å². The molecule has 64 valence electrons. The van der Waals surface area contributed by atoms with Gasteiger partial charge in [-0.3, -0.25) is 5.73 Å². The molecule has 1 heterocycles. The highest BCUT2D eigenvalue weighted by Gasteiger charge is 2.16. The lowest BCUT2D eigenvalue weighted by molar-refractivity contribution is -0.591. The van der Waals surface area contributed by atoms with Crippen LogP contribution in [-0.2, 0) is 0 Å². The molecule has 1 aromatic rings. The number of carboxylic acids is 1. The Bertz CT molecular complexity index is 337. The Morgan fingerprint density at radius 2 is 2.42 bits per heavy atom. The summed E-state index contributed by atoms with van der Waals surface area (Å²) in [4.78, 5) is 14.0. The van der Waals surface area contributed by atoms with E-state index >= 15 is 0 Å². The lowest BCUT2D eigenvalue weighted by Crippen LogP contribution is -2.33. The maximum Gasteiger partial charge on any atom is 0.363 e. The topological polar surface area (TPSA) is 103 Å². The van der Waals surface area contributed by atoms with Crippen LogP contribution >= 0.6 is 0 Å². The van der Waals surface area contributed by atoms with Gasteiger partial charge in [-0.15, -0.1) is 0 Å². The molecule has 0 aliphatic heterocycles. The summed E-state index contributed by atoms with van der Waals surface area (Å²) in [5, 5.41) is 19.4. The second-order valence-electron chi connectivity index (χ2n) is 2.25. The Balaban J connectivity index is 3.37. The number of aromatic nitrogens is 2. The zero-order valence-corrected chi connectivity index (χ0v) is 6.31. The Kier molecular flexibility index (Phi) is 1.82. The number of aryl methyl sites for hydroxylation is 1. The second kappa shape index (κ2) is 2.65. The van der Waals surface area contributed by atoms with Crippen LogP contribution in [0.4, 0.5) is 5.82 Å². The van der Waals surface area contributed by atoms with Crippen molar-refractivity contribution in [1.82, 2.24) is 4.98 Å². The van der Waals surface area contributed by atoms with Crippen molar-refractivity contribution < 1.29 is 14.6 Å². The standard InChI is InChI=1S/C6H7N3O3/c1-3-2-9(12)5(7)4(8-3)6(10)11/h2H,7H2,1H3,(H,10,11). The van der Waals surface area contributed by atoms with Crippen molar-refractivity contribution in [2.45, 2.75) is 6.92 Å². The van der Waals surface area contributed by atoms with E-state index in [0.29, 0.717) is 5.69 Å². The fourth-order valence-corrected chi connectivity index (χ4v) is 0.763. The third-order valence-electron chi connectivity index (χ3n) is 1.27. The summed E-state index contributed by atoms with van der Waals surface area (Å²) in [7, 11) is 0. The highest BCUT2D eigenvalue weighted by Crippen LogP contribution is 2.02. The number of hydrogen-bond donors (Lipinski definition) is 2. The van der Waals surface area contributed by atoms with Crippen molar-refractivity contribution in [3.8, 4) is 0 Å². The molecule has 0 bridgehead atoms. The summed E-state index contributed by atoms with van der Waals surface area (Å²) in [5.41, 5.74) is 5.06. The van der Waals surface area contributed by atoms with Crippen molar-refractivity contribution in [3.63, 3.8) is 0 Å². The highest BCUT2D eigenvalue weighted by atomic mass is 16.5. The highest BCUT2D eigenvalue weighted by molar-refractivity contribution is 5.89. The summed E-state index contributed by atoms with van der Waals surface area (Å²) in [6.07, 6.45) is 1.11. The number of carboxylic acid groups (broad SMARTS) is 1. The summed E-state index contributed by atoms with van der Waals surface area (Å²) < 4.78 is 0.284. The quantitative estimate of drug-likeness (QED) is 0.427. The van der Waals surface area contributed by atoms with Gasteiger partial charge in [0.25, 0.3) is 0 Å². The van der Waals surface area contributed by atoms with E-state index in [2.05, 4.69) is 4.98 Å². The van der Waals surface area contributed by atoms with Gasteiger partial charge < -0.3 is 10.3 Å².